The first-order valence-electron chi connectivity index (χ1n) is 12.0. The van der Waals surface area contributed by atoms with E-state index < -0.39 is 0 Å². The van der Waals surface area contributed by atoms with Crippen molar-refractivity contribution in [2.24, 2.45) is 28.2 Å². The quantitative estimate of drug-likeness (QED) is 0.327. The Labute approximate surface area is 215 Å². The summed E-state index contributed by atoms with van der Waals surface area (Å²) in [6, 6.07) is 12.4. The number of aromatic nitrogens is 8. The van der Waals surface area contributed by atoms with Crippen molar-refractivity contribution in [2.75, 3.05) is 0 Å². The maximum absolute atomic E-state index is 6.62. The summed E-state index contributed by atoms with van der Waals surface area (Å²) in [7, 11) is 8.06. The normalized spacial score (nSPS) is 11.2. The number of hydrogen-bond acceptors (Lipinski definition) is 1. The van der Waals surface area contributed by atoms with Gasteiger partial charge < -0.3 is 4.74 Å². The lowest BCUT2D eigenvalue weighted by atomic mass is 10.2. The number of ether oxygens (including phenoxy) is 1. The average Bonchev–Trinajstić information content (AvgIpc) is 3.68. The van der Waals surface area contributed by atoms with E-state index in [1.165, 1.54) is 0 Å². The van der Waals surface area contributed by atoms with Crippen LogP contribution in [0.5, 0.6) is 11.5 Å². The number of aryl methyl sites for hydroxylation is 4. The van der Waals surface area contributed by atoms with Crippen molar-refractivity contribution >= 4 is 0 Å². The van der Waals surface area contributed by atoms with Crippen LogP contribution in [0.1, 0.15) is 0 Å². The highest BCUT2D eigenvalue weighted by Crippen LogP contribution is 2.35. The maximum atomic E-state index is 6.62. The Hall–Kier alpha value is -4.92. The molecule has 0 aliphatic carbocycles. The molecule has 0 saturated carbocycles. The molecule has 6 aromatic rings. The van der Waals surface area contributed by atoms with E-state index in [1.54, 1.807) is 0 Å². The Kier molecular flexibility index (Phi) is 5.45. The summed E-state index contributed by atoms with van der Waals surface area (Å²) < 4.78 is 23.1. The number of hydrogen-bond donors (Lipinski definition) is 0. The summed E-state index contributed by atoms with van der Waals surface area (Å²) in [6.45, 7) is 0. The fourth-order valence-corrected chi connectivity index (χ4v) is 4.46. The lowest BCUT2D eigenvalue weighted by Gasteiger charge is -2.12. The zero-order valence-corrected chi connectivity index (χ0v) is 21.4. The molecule has 0 bridgehead atoms. The second kappa shape index (κ2) is 8.94. The highest BCUT2D eigenvalue weighted by Gasteiger charge is 2.25. The molecule has 9 nitrogen and oxygen atoms in total. The van der Waals surface area contributed by atoms with Crippen LogP contribution in [0.4, 0.5) is 0 Å². The lowest BCUT2D eigenvalue weighted by Crippen LogP contribution is -2.24. The molecule has 37 heavy (non-hydrogen) atoms. The van der Waals surface area contributed by atoms with E-state index in [2.05, 4.69) is 55.1 Å². The SMILES string of the molecule is C[n+]1ccn(-c2cccc(Oc3cc(-n4cc[n+](C)c4)c(-n4cc[n+](C)c4)cc3-n3cc[n+](C)c3)c2)c1. The summed E-state index contributed by atoms with van der Waals surface area (Å²) in [5.74, 6) is 1.51. The third kappa shape index (κ3) is 4.42. The predicted molar refractivity (Wildman–Crippen MR) is 135 cm³/mol. The molecule has 4 aromatic heterocycles. The molecule has 2 aromatic carbocycles. The lowest BCUT2D eigenvalue weighted by molar-refractivity contribution is -0.670. The zero-order chi connectivity index (χ0) is 25.5. The second-order valence-corrected chi connectivity index (χ2v) is 9.35. The van der Waals surface area contributed by atoms with Crippen molar-refractivity contribution in [3.8, 4) is 34.2 Å². The third-order valence-electron chi connectivity index (χ3n) is 6.31. The van der Waals surface area contributed by atoms with Gasteiger partial charge in [0, 0.05) is 18.2 Å². The van der Waals surface area contributed by atoms with Gasteiger partial charge in [-0.25, -0.2) is 22.8 Å². The molecule has 0 aliphatic heterocycles. The molecule has 0 amide bonds. The number of nitrogens with zero attached hydrogens (tertiary/aromatic N) is 8. The highest BCUT2D eigenvalue weighted by molar-refractivity contribution is 5.65. The average molecular weight is 495 g/mol. The Morgan fingerprint density at radius 2 is 1.03 bits per heavy atom. The maximum Gasteiger partial charge on any atom is 0.248 e. The largest absolute Gasteiger partial charge is 0.453 e. The molecule has 0 saturated heterocycles. The monoisotopic (exact) mass is 494 g/mol. The minimum Gasteiger partial charge on any atom is -0.453 e. The molecule has 0 aliphatic rings. The molecule has 4 heterocycles. The van der Waals surface area contributed by atoms with Gasteiger partial charge in [0.2, 0.25) is 25.3 Å². The van der Waals surface area contributed by atoms with E-state index in [-0.39, 0.29) is 0 Å². The first-order chi connectivity index (χ1) is 17.9. The Morgan fingerprint density at radius 3 is 1.54 bits per heavy atom. The molecule has 6 rings (SSSR count). The molecule has 0 radical (unpaired) electrons. The fourth-order valence-electron chi connectivity index (χ4n) is 4.46. The van der Waals surface area contributed by atoms with Crippen LogP contribution in [0.3, 0.4) is 0 Å². The van der Waals surface area contributed by atoms with Crippen LogP contribution < -0.4 is 23.0 Å². The van der Waals surface area contributed by atoms with Crippen LogP contribution in [0.15, 0.2) is 111 Å². The minimum absolute atomic E-state index is 0.748. The van der Waals surface area contributed by atoms with Crippen LogP contribution in [-0.4, -0.2) is 18.3 Å². The second-order valence-electron chi connectivity index (χ2n) is 9.35. The molecular weight excluding hydrogens is 464 g/mol. The summed E-state index contributed by atoms with van der Waals surface area (Å²) in [4.78, 5) is 0. The van der Waals surface area contributed by atoms with Crippen LogP contribution in [0.2, 0.25) is 0 Å². The van der Waals surface area contributed by atoms with Crippen molar-refractivity contribution in [3.63, 3.8) is 0 Å². The van der Waals surface area contributed by atoms with Crippen LogP contribution >= 0.6 is 0 Å². The molecule has 0 fully saturated rings. The van der Waals surface area contributed by atoms with Gasteiger partial charge in [-0.2, -0.15) is 13.7 Å². The van der Waals surface area contributed by atoms with Crippen LogP contribution in [-0.2, 0) is 28.2 Å². The van der Waals surface area contributed by atoms with E-state index in [1.807, 2.05) is 121 Å². The van der Waals surface area contributed by atoms with Crippen molar-refractivity contribution in [2.45, 2.75) is 0 Å². The Bertz CT molecular complexity index is 1720. The molecule has 0 atom stereocenters. The van der Waals surface area contributed by atoms with Gasteiger partial charge in [-0.15, -0.1) is 0 Å². The third-order valence-corrected chi connectivity index (χ3v) is 6.31. The van der Waals surface area contributed by atoms with Gasteiger partial charge in [-0.3, -0.25) is 0 Å². The van der Waals surface area contributed by atoms with E-state index in [0.29, 0.717) is 0 Å². The first kappa shape index (κ1) is 22.5. The van der Waals surface area contributed by atoms with Gasteiger partial charge >= 0.3 is 0 Å². The number of imidazole rings is 4. The van der Waals surface area contributed by atoms with Crippen molar-refractivity contribution in [1.82, 2.24) is 18.3 Å². The van der Waals surface area contributed by atoms with Gasteiger partial charge in [0.05, 0.1) is 28.2 Å². The fraction of sp³-hybridized carbons (Fsp3) is 0.143. The van der Waals surface area contributed by atoms with Crippen LogP contribution in [0.25, 0.3) is 22.7 Å². The smallest absolute Gasteiger partial charge is 0.248 e. The van der Waals surface area contributed by atoms with E-state index in [4.69, 9.17) is 4.74 Å². The topological polar surface area (TPSA) is 44.5 Å². The van der Waals surface area contributed by atoms with Gasteiger partial charge in [0.1, 0.15) is 61.0 Å². The zero-order valence-electron chi connectivity index (χ0n) is 21.4. The Balaban J connectivity index is 1.52. The number of benzene rings is 2. The highest BCUT2D eigenvalue weighted by atomic mass is 16.5. The van der Waals surface area contributed by atoms with E-state index in [0.717, 1.165) is 34.2 Å². The van der Waals surface area contributed by atoms with Gasteiger partial charge in [-0.1, -0.05) is 6.07 Å². The molecule has 9 heteroatoms. The summed E-state index contributed by atoms with van der Waals surface area (Å²) in [6.07, 6.45) is 24.4. The molecule has 0 unspecified atom stereocenters. The molecular formula is C28H30N8O+4. The van der Waals surface area contributed by atoms with E-state index >= 15 is 0 Å². The molecule has 0 spiro atoms. The summed E-state index contributed by atoms with van der Waals surface area (Å²) in [5.41, 5.74) is 4.00. The minimum atomic E-state index is 0.748. The predicted octanol–water partition coefficient (Wildman–Crippen LogP) is 1.94. The van der Waals surface area contributed by atoms with Gasteiger partial charge in [0.25, 0.3) is 0 Å². The number of rotatable bonds is 6. The molecule has 184 valence electrons. The summed E-state index contributed by atoms with van der Waals surface area (Å²) >= 11 is 0. The van der Waals surface area contributed by atoms with E-state index in [9.17, 15) is 0 Å². The summed E-state index contributed by atoms with van der Waals surface area (Å²) in [5, 5.41) is 0. The van der Waals surface area contributed by atoms with Crippen LogP contribution in [0, 0.1) is 0 Å². The first-order valence-corrected chi connectivity index (χ1v) is 12.0. The molecule has 0 N–H and O–H groups in total. The van der Waals surface area contributed by atoms with Gasteiger partial charge in [0.15, 0.2) is 22.8 Å². The standard InChI is InChI=1S/C28H30N8O/c1-29-8-12-33(19-29)23-6-5-7-24(16-23)37-28-18-26(35-14-10-31(3)21-35)25(34-13-9-30(2)20-34)17-27(28)36-15-11-32(4)22-36/h5-22H,1-4H3/q+4. The van der Waals surface area contributed by atoms with Crippen molar-refractivity contribution in [3.05, 3.63) is 111 Å². The van der Waals surface area contributed by atoms with Crippen molar-refractivity contribution in [1.29, 1.82) is 0 Å². The van der Waals surface area contributed by atoms with Gasteiger partial charge in [-0.05, 0) is 12.1 Å². The van der Waals surface area contributed by atoms with Crippen molar-refractivity contribution < 1.29 is 23.0 Å². The Morgan fingerprint density at radius 1 is 0.541 bits per heavy atom.